The largest absolute Gasteiger partial charge is 0.378 e. The Morgan fingerprint density at radius 1 is 0.950 bits per heavy atom. The number of methoxy groups -OCH3 is 1. The zero-order chi connectivity index (χ0) is 14.4. The second kappa shape index (κ2) is 7.79. The van der Waals surface area contributed by atoms with Crippen molar-refractivity contribution in [2.24, 2.45) is 11.8 Å². The molecule has 0 bridgehead atoms. The minimum atomic E-state index is 0.196. The second-order valence-electron chi connectivity index (χ2n) is 6.96. The van der Waals surface area contributed by atoms with Crippen LogP contribution in [-0.2, 0) is 9.47 Å². The first-order valence-electron chi connectivity index (χ1n) is 8.90. The molecule has 2 rings (SSSR count). The molecule has 2 aliphatic carbocycles. The standard InChI is InChI=1S/C18H34O2/c1-4-14-20-17-8-6-16(7-9-17)18(19-3)12-10-15(5-2)11-13-18/h15-17H,4-14H2,1-3H3/t15-,16-,17-,18-. The zero-order valence-electron chi connectivity index (χ0n) is 13.8. The fourth-order valence-electron chi connectivity index (χ4n) is 4.39. The topological polar surface area (TPSA) is 18.5 Å². The molecular formula is C18H34O2. The number of ether oxygens (including phenoxy) is 2. The molecule has 0 spiro atoms. The highest BCUT2D eigenvalue weighted by atomic mass is 16.5. The Bertz CT molecular complexity index is 261. The van der Waals surface area contributed by atoms with Gasteiger partial charge in [-0.05, 0) is 69.6 Å². The Morgan fingerprint density at radius 3 is 2.10 bits per heavy atom. The average molecular weight is 282 g/mol. The maximum atomic E-state index is 6.09. The first-order chi connectivity index (χ1) is 9.74. The summed E-state index contributed by atoms with van der Waals surface area (Å²) in [6, 6.07) is 0. The molecule has 20 heavy (non-hydrogen) atoms. The first-order valence-corrected chi connectivity index (χ1v) is 8.90. The number of rotatable bonds is 6. The van der Waals surface area contributed by atoms with Gasteiger partial charge in [0, 0.05) is 13.7 Å². The van der Waals surface area contributed by atoms with Crippen LogP contribution in [0.5, 0.6) is 0 Å². The normalized spacial score (nSPS) is 38.9. The molecule has 0 aromatic rings. The van der Waals surface area contributed by atoms with Gasteiger partial charge in [-0.3, -0.25) is 0 Å². The summed E-state index contributed by atoms with van der Waals surface area (Å²) >= 11 is 0. The highest BCUT2D eigenvalue weighted by Gasteiger charge is 2.43. The Kier molecular flexibility index (Phi) is 6.35. The van der Waals surface area contributed by atoms with Crippen molar-refractivity contribution >= 4 is 0 Å². The summed E-state index contributed by atoms with van der Waals surface area (Å²) in [7, 11) is 1.95. The van der Waals surface area contributed by atoms with Crippen LogP contribution in [0.4, 0.5) is 0 Å². The van der Waals surface area contributed by atoms with Gasteiger partial charge in [0.25, 0.3) is 0 Å². The molecule has 2 nitrogen and oxygen atoms in total. The third-order valence-electron chi connectivity index (χ3n) is 5.91. The minimum absolute atomic E-state index is 0.196. The van der Waals surface area contributed by atoms with Gasteiger partial charge in [-0.25, -0.2) is 0 Å². The van der Waals surface area contributed by atoms with Crippen molar-refractivity contribution in [2.75, 3.05) is 13.7 Å². The van der Waals surface area contributed by atoms with Crippen LogP contribution in [0.2, 0.25) is 0 Å². The van der Waals surface area contributed by atoms with Crippen molar-refractivity contribution in [3.8, 4) is 0 Å². The molecule has 2 saturated carbocycles. The van der Waals surface area contributed by atoms with E-state index < -0.39 is 0 Å². The van der Waals surface area contributed by atoms with Crippen LogP contribution < -0.4 is 0 Å². The van der Waals surface area contributed by atoms with E-state index in [0.717, 1.165) is 24.9 Å². The van der Waals surface area contributed by atoms with Crippen LogP contribution in [0, 0.1) is 11.8 Å². The van der Waals surface area contributed by atoms with Gasteiger partial charge in [0.15, 0.2) is 0 Å². The van der Waals surface area contributed by atoms with E-state index in [-0.39, 0.29) is 5.60 Å². The molecule has 0 heterocycles. The van der Waals surface area contributed by atoms with Gasteiger partial charge < -0.3 is 9.47 Å². The Morgan fingerprint density at radius 2 is 1.60 bits per heavy atom. The SMILES string of the molecule is CCCO[C@H]1CC[C@H]([C@]2(OC)CC[C@H](CC)CC2)CC1. The van der Waals surface area contributed by atoms with Crippen LogP contribution in [0.25, 0.3) is 0 Å². The van der Waals surface area contributed by atoms with Gasteiger partial charge >= 0.3 is 0 Å². The monoisotopic (exact) mass is 282 g/mol. The maximum Gasteiger partial charge on any atom is 0.0707 e. The molecule has 2 fully saturated rings. The van der Waals surface area contributed by atoms with E-state index in [1.54, 1.807) is 0 Å². The van der Waals surface area contributed by atoms with Gasteiger partial charge in [0.1, 0.15) is 0 Å². The summed E-state index contributed by atoms with van der Waals surface area (Å²) < 4.78 is 12.0. The molecule has 0 atom stereocenters. The molecule has 118 valence electrons. The fraction of sp³-hybridized carbons (Fsp3) is 1.00. The summed E-state index contributed by atoms with van der Waals surface area (Å²) in [5.74, 6) is 1.72. The Labute approximate surface area is 125 Å². The molecule has 2 heteroatoms. The van der Waals surface area contributed by atoms with Gasteiger partial charge in [-0.1, -0.05) is 20.3 Å². The summed E-state index contributed by atoms with van der Waals surface area (Å²) in [5, 5.41) is 0. The lowest BCUT2D eigenvalue weighted by Gasteiger charge is -2.47. The van der Waals surface area contributed by atoms with Crippen molar-refractivity contribution in [3.63, 3.8) is 0 Å². The molecule has 0 aromatic carbocycles. The maximum absolute atomic E-state index is 6.09. The van der Waals surface area contributed by atoms with Crippen molar-refractivity contribution in [1.82, 2.24) is 0 Å². The summed E-state index contributed by atoms with van der Waals surface area (Å²) in [6.45, 7) is 5.46. The van der Waals surface area contributed by atoms with E-state index in [9.17, 15) is 0 Å². The fourth-order valence-corrected chi connectivity index (χ4v) is 4.39. The predicted molar refractivity (Wildman–Crippen MR) is 84.0 cm³/mol. The summed E-state index contributed by atoms with van der Waals surface area (Å²) in [4.78, 5) is 0. The zero-order valence-corrected chi connectivity index (χ0v) is 13.8. The molecule has 2 aliphatic rings. The van der Waals surface area contributed by atoms with Crippen LogP contribution in [-0.4, -0.2) is 25.4 Å². The third kappa shape index (κ3) is 3.76. The van der Waals surface area contributed by atoms with Gasteiger partial charge in [-0.15, -0.1) is 0 Å². The van der Waals surface area contributed by atoms with Crippen LogP contribution >= 0.6 is 0 Å². The Hall–Kier alpha value is -0.0800. The molecule has 0 aliphatic heterocycles. The van der Waals surface area contributed by atoms with Gasteiger partial charge in [0.05, 0.1) is 11.7 Å². The van der Waals surface area contributed by atoms with Crippen molar-refractivity contribution in [2.45, 2.75) is 89.8 Å². The van der Waals surface area contributed by atoms with E-state index >= 15 is 0 Å². The Balaban J connectivity index is 1.84. The number of hydrogen-bond donors (Lipinski definition) is 0. The first kappa shape index (κ1) is 16.3. The van der Waals surface area contributed by atoms with E-state index in [2.05, 4.69) is 13.8 Å². The van der Waals surface area contributed by atoms with E-state index in [1.807, 2.05) is 7.11 Å². The molecule has 0 saturated heterocycles. The lowest BCUT2D eigenvalue weighted by Crippen LogP contribution is -2.45. The van der Waals surface area contributed by atoms with Crippen molar-refractivity contribution in [1.29, 1.82) is 0 Å². The molecule has 0 aromatic heterocycles. The highest BCUT2D eigenvalue weighted by Crippen LogP contribution is 2.46. The lowest BCUT2D eigenvalue weighted by molar-refractivity contribution is -0.112. The van der Waals surface area contributed by atoms with Crippen molar-refractivity contribution < 1.29 is 9.47 Å². The van der Waals surface area contributed by atoms with Crippen molar-refractivity contribution in [3.05, 3.63) is 0 Å². The van der Waals surface area contributed by atoms with Crippen LogP contribution in [0.15, 0.2) is 0 Å². The summed E-state index contributed by atoms with van der Waals surface area (Å²) in [5.41, 5.74) is 0.196. The van der Waals surface area contributed by atoms with Crippen LogP contribution in [0.1, 0.15) is 78.1 Å². The van der Waals surface area contributed by atoms with E-state index in [0.29, 0.717) is 6.10 Å². The van der Waals surface area contributed by atoms with E-state index in [4.69, 9.17) is 9.47 Å². The van der Waals surface area contributed by atoms with Gasteiger partial charge in [0.2, 0.25) is 0 Å². The highest BCUT2D eigenvalue weighted by molar-refractivity contribution is 4.94. The smallest absolute Gasteiger partial charge is 0.0707 e. The van der Waals surface area contributed by atoms with Gasteiger partial charge in [-0.2, -0.15) is 0 Å². The molecule has 0 radical (unpaired) electrons. The third-order valence-corrected chi connectivity index (χ3v) is 5.91. The lowest BCUT2D eigenvalue weighted by atomic mass is 9.67. The second-order valence-corrected chi connectivity index (χ2v) is 6.96. The molecule has 0 amide bonds. The molecular weight excluding hydrogens is 248 g/mol. The number of hydrogen-bond acceptors (Lipinski definition) is 2. The molecule has 0 N–H and O–H groups in total. The van der Waals surface area contributed by atoms with Crippen LogP contribution in [0.3, 0.4) is 0 Å². The quantitative estimate of drug-likeness (QED) is 0.685. The summed E-state index contributed by atoms with van der Waals surface area (Å²) in [6.07, 6.45) is 13.4. The minimum Gasteiger partial charge on any atom is -0.378 e. The predicted octanol–water partition coefficient (Wildman–Crippen LogP) is 4.96. The molecule has 0 unspecified atom stereocenters. The average Bonchev–Trinajstić information content (AvgIpc) is 2.53. The van der Waals surface area contributed by atoms with E-state index in [1.165, 1.54) is 57.8 Å².